The zero-order valence-corrected chi connectivity index (χ0v) is 10.7. The maximum Gasteiger partial charge on any atom is 0.410 e. The Hall–Kier alpha value is -2.08. The van der Waals surface area contributed by atoms with E-state index in [1.165, 1.54) is 0 Å². The largest absolute Gasteiger partial charge is 0.480 e. The van der Waals surface area contributed by atoms with Crippen molar-refractivity contribution < 1.29 is 24.5 Å². The molecule has 0 unspecified atom stereocenters. The number of ether oxygens (including phenoxy) is 1. The molecular formula is C13H17NO5. The molecule has 0 spiro atoms. The SMILES string of the molecule is CCN(C(=O)OCc1ccccc1)[C@H](CO)C(=O)O. The zero-order chi connectivity index (χ0) is 14.3. The Morgan fingerprint density at radius 3 is 2.42 bits per heavy atom. The van der Waals surface area contributed by atoms with Crippen molar-refractivity contribution in [2.24, 2.45) is 0 Å². The third-order valence-corrected chi connectivity index (χ3v) is 2.61. The van der Waals surface area contributed by atoms with Gasteiger partial charge in [-0.2, -0.15) is 0 Å². The highest BCUT2D eigenvalue weighted by Gasteiger charge is 2.28. The number of amides is 1. The van der Waals surface area contributed by atoms with Crippen LogP contribution in [0.15, 0.2) is 30.3 Å². The molecule has 0 aliphatic heterocycles. The molecule has 104 valence electrons. The van der Waals surface area contributed by atoms with Crippen LogP contribution >= 0.6 is 0 Å². The minimum absolute atomic E-state index is 0.0634. The Morgan fingerprint density at radius 2 is 1.95 bits per heavy atom. The van der Waals surface area contributed by atoms with E-state index in [-0.39, 0.29) is 13.2 Å². The molecule has 0 bridgehead atoms. The summed E-state index contributed by atoms with van der Waals surface area (Å²) in [5.74, 6) is -1.26. The van der Waals surface area contributed by atoms with Crippen molar-refractivity contribution in [3.63, 3.8) is 0 Å². The molecule has 0 saturated carbocycles. The van der Waals surface area contributed by atoms with Gasteiger partial charge in [-0.3, -0.25) is 4.90 Å². The van der Waals surface area contributed by atoms with E-state index in [4.69, 9.17) is 14.9 Å². The van der Waals surface area contributed by atoms with E-state index >= 15 is 0 Å². The second kappa shape index (κ2) is 7.38. The summed E-state index contributed by atoms with van der Waals surface area (Å²) in [6.45, 7) is 1.18. The smallest absolute Gasteiger partial charge is 0.410 e. The Kier molecular flexibility index (Phi) is 5.81. The highest BCUT2D eigenvalue weighted by molar-refractivity contribution is 5.80. The molecule has 2 N–H and O–H groups in total. The van der Waals surface area contributed by atoms with Crippen LogP contribution in [0.2, 0.25) is 0 Å². The first kappa shape index (κ1) is 15.0. The first-order chi connectivity index (χ1) is 9.10. The molecule has 0 aliphatic rings. The number of benzene rings is 1. The number of hydrogen-bond donors (Lipinski definition) is 2. The Bertz CT molecular complexity index is 420. The van der Waals surface area contributed by atoms with Gasteiger partial charge in [0.1, 0.15) is 6.61 Å². The average molecular weight is 267 g/mol. The fourth-order valence-corrected chi connectivity index (χ4v) is 1.59. The molecular weight excluding hydrogens is 250 g/mol. The van der Waals surface area contributed by atoms with Crippen LogP contribution in [0.3, 0.4) is 0 Å². The molecule has 1 atom stereocenters. The summed E-state index contributed by atoms with van der Waals surface area (Å²) in [7, 11) is 0. The Morgan fingerprint density at radius 1 is 1.32 bits per heavy atom. The second-order valence-electron chi connectivity index (χ2n) is 3.86. The molecule has 1 aromatic rings. The molecule has 0 radical (unpaired) electrons. The van der Waals surface area contributed by atoms with Gasteiger partial charge >= 0.3 is 12.1 Å². The van der Waals surface area contributed by atoms with Crippen molar-refractivity contribution in [2.45, 2.75) is 19.6 Å². The van der Waals surface area contributed by atoms with Gasteiger partial charge in [-0.1, -0.05) is 30.3 Å². The van der Waals surface area contributed by atoms with E-state index in [1.807, 2.05) is 18.2 Å². The molecule has 1 rings (SSSR count). The van der Waals surface area contributed by atoms with Crippen molar-refractivity contribution >= 4 is 12.1 Å². The fourth-order valence-electron chi connectivity index (χ4n) is 1.59. The number of aliphatic hydroxyl groups is 1. The van der Waals surface area contributed by atoms with E-state index in [9.17, 15) is 9.59 Å². The quantitative estimate of drug-likeness (QED) is 0.805. The molecule has 6 nitrogen and oxygen atoms in total. The van der Waals surface area contributed by atoms with Crippen molar-refractivity contribution in [3.8, 4) is 0 Å². The number of aliphatic hydroxyl groups excluding tert-OH is 1. The van der Waals surface area contributed by atoms with Gasteiger partial charge in [0.2, 0.25) is 0 Å². The maximum atomic E-state index is 11.8. The van der Waals surface area contributed by atoms with E-state index < -0.39 is 24.7 Å². The van der Waals surface area contributed by atoms with Gasteiger partial charge in [0.25, 0.3) is 0 Å². The molecule has 0 aromatic heterocycles. The van der Waals surface area contributed by atoms with Gasteiger partial charge in [0.15, 0.2) is 6.04 Å². The topological polar surface area (TPSA) is 87.1 Å². The minimum Gasteiger partial charge on any atom is -0.480 e. The number of carboxylic acids is 1. The molecule has 0 saturated heterocycles. The van der Waals surface area contributed by atoms with Gasteiger partial charge in [0.05, 0.1) is 6.61 Å². The second-order valence-corrected chi connectivity index (χ2v) is 3.86. The monoisotopic (exact) mass is 267 g/mol. The highest BCUT2D eigenvalue weighted by atomic mass is 16.6. The van der Waals surface area contributed by atoms with E-state index in [0.29, 0.717) is 0 Å². The van der Waals surface area contributed by atoms with Crippen molar-refractivity contribution in [2.75, 3.05) is 13.2 Å². The summed E-state index contributed by atoms with van der Waals surface area (Å²) in [5.41, 5.74) is 0.808. The molecule has 0 fully saturated rings. The van der Waals surface area contributed by atoms with Crippen molar-refractivity contribution in [1.82, 2.24) is 4.90 Å². The third kappa shape index (κ3) is 4.26. The van der Waals surface area contributed by atoms with E-state index in [1.54, 1.807) is 19.1 Å². The first-order valence-corrected chi connectivity index (χ1v) is 5.91. The van der Waals surface area contributed by atoms with Crippen LogP contribution < -0.4 is 0 Å². The van der Waals surface area contributed by atoms with Gasteiger partial charge in [-0.25, -0.2) is 9.59 Å². The average Bonchev–Trinajstić information content (AvgIpc) is 2.42. The van der Waals surface area contributed by atoms with Crippen LogP contribution in [0, 0.1) is 0 Å². The van der Waals surface area contributed by atoms with Crippen LogP contribution in [0.4, 0.5) is 4.79 Å². The van der Waals surface area contributed by atoms with Gasteiger partial charge in [-0.15, -0.1) is 0 Å². The summed E-state index contributed by atoms with van der Waals surface area (Å²) in [6, 6.07) is 7.78. The summed E-state index contributed by atoms with van der Waals surface area (Å²) >= 11 is 0. The number of hydrogen-bond acceptors (Lipinski definition) is 4. The third-order valence-electron chi connectivity index (χ3n) is 2.61. The molecule has 1 aromatic carbocycles. The highest BCUT2D eigenvalue weighted by Crippen LogP contribution is 2.06. The summed E-state index contributed by atoms with van der Waals surface area (Å²) in [6.07, 6.45) is -0.757. The number of carbonyl (C=O) groups excluding carboxylic acids is 1. The first-order valence-electron chi connectivity index (χ1n) is 5.91. The molecule has 0 heterocycles. The lowest BCUT2D eigenvalue weighted by Crippen LogP contribution is -2.47. The number of carboxylic acid groups (broad SMARTS) is 1. The van der Waals surface area contributed by atoms with Crippen molar-refractivity contribution in [3.05, 3.63) is 35.9 Å². The van der Waals surface area contributed by atoms with Crippen LogP contribution in [0.5, 0.6) is 0 Å². The van der Waals surface area contributed by atoms with Crippen molar-refractivity contribution in [1.29, 1.82) is 0 Å². The lowest BCUT2D eigenvalue weighted by Gasteiger charge is -2.25. The standard InChI is InChI=1S/C13H17NO5/c1-2-14(11(8-15)12(16)17)13(18)19-9-10-6-4-3-5-7-10/h3-7,11,15H,2,8-9H2,1H3,(H,16,17)/t11-/m1/s1. The Labute approximate surface area is 111 Å². The maximum absolute atomic E-state index is 11.8. The Balaban J connectivity index is 2.61. The number of likely N-dealkylation sites (N-methyl/N-ethyl adjacent to an activating group) is 1. The van der Waals surface area contributed by atoms with Crippen LogP contribution in [0.1, 0.15) is 12.5 Å². The van der Waals surface area contributed by atoms with E-state index in [0.717, 1.165) is 10.5 Å². The number of rotatable bonds is 6. The zero-order valence-electron chi connectivity index (χ0n) is 10.7. The molecule has 6 heteroatoms. The fraction of sp³-hybridized carbons (Fsp3) is 0.385. The normalized spacial score (nSPS) is 11.7. The van der Waals surface area contributed by atoms with Gasteiger partial charge < -0.3 is 14.9 Å². The predicted octanol–water partition coefficient (Wildman–Crippen LogP) is 1.09. The van der Waals surface area contributed by atoms with Gasteiger partial charge in [-0.05, 0) is 12.5 Å². The molecule has 19 heavy (non-hydrogen) atoms. The summed E-state index contributed by atoms with van der Waals surface area (Å²) in [4.78, 5) is 23.7. The van der Waals surface area contributed by atoms with Gasteiger partial charge in [0, 0.05) is 6.54 Å². The van der Waals surface area contributed by atoms with Crippen LogP contribution in [0.25, 0.3) is 0 Å². The molecule has 0 aliphatic carbocycles. The summed E-state index contributed by atoms with van der Waals surface area (Å²) < 4.78 is 5.03. The number of aliphatic carboxylic acids is 1. The summed E-state index contributed by atoms with van der Waals surface area (Å²) in [5, 5.41) is 17.9. The molecule has 1 amide bonds. The predicted molar refractivity (Wildman–Crippen MR) is 67.5 cm³/mol. The minimum atomic E-state index is -1.28. The lowest BCUT2D eigenvalue weighted by atomic mass is 10.2. The van der Waals surface area contributed by atoms with E-state index in [2.05, 4.69) is 0 Å². The van der Waals surface area contributed by atoms with Crippen LogP contribution in [-0.4, -0.2) is 46.4 Å². The lowest BCUT2D eigenvalue weighted by molar-refractivity contribution is -0.144. The van der Waals surface area contributed by atoms with Crippen LogP contribution in [-0.2, 0) is 16.1 Å². The number of carbonyl (C=O) groups is 2. The number of nitrogens with zero attached hydrogens (tertiary/aromatic N) is 1.